The number of aromatic amines is 1. The summed E-state index contributed by atoms with van der Waals surface area (Å²) in [5.74, 6) is 1.52. The van der Waals surface area contributed by atoms with Gasteiger partial charge in [0.15, 0.2) is 0 Å². The minimum Gasteiger partial charge on any atom is -0.469 e. The number of furan rings is 1. The largest absolute Gasteiger partial charge is 0.469 e. The van der Waals surface area contributed by atoms with E-state index in [1.165, 1.54) is 0 Å². The van der Waals surface area contributed by atoms with E-state index in [-0.39, 0.29) is 0 Å². The van der Waals surface area contributed by atoms with Gasteiger partial charge in [0.25, 0.3) is 0 Å². The first kappa shape index (κ1) is 9.64. The van der Waals surface area contributed by atoms with Gasteiger partial charge in [-0.25, -0.2) is 0 Å². The van der Waals surface area contributed by atoms with Gasteiger partial charge in [-0.15, -0.1) is 0 Å². The van der Waals surface area contributed by atoms with Crippen molar-refractivity contribution in [2.75, 3.05) is 17.7 Å². The number of nitrogens with two attached hydrogens (primary N) is 1. The van der Waals surface area contributed by atoms with Crippen LogP contribution in [0.15, 0.2) is 22.9 Å². The predicted octanol–water partition coefficient (Wildman–Crippen LogP) is 1.53. The average Bonchev–Trinajstić information content (AvgIpc) is 2.76. The van der Waals surface area contributed by atoms with Crippen LogP contribution in [0.25, 0.3) is 0 Å². The van der Waals surface area contributed by atoms with Crippen LogP contribution in [-0.2, 0) is 6.54 Å². The van der Waals surface area contributed by atoms with Gasteiger partial charge in [-0.05, 0) is 13.0 Å². The van der Waals surface area contributed by atoms with Gasteiger partial charge in [-0.1, -0.05) is 0 Å². The molecule has 2 rings (SSSR count). The van der Waals surface area contributed by atoms with Crippen LogP contribution in [0.2, 0.25) is 0 Å². The molecule has 3 N–H and O–H groups in total. The van der Waals surface area contributed by atoms with E-state index < -0.39 is 0 Å². The van der Waals surface area contributed by atoms with Crippen LogP contribution in [0.5, 0.6) is 0 Å². The molecule has 5 heteroatoms. The van der Waals surface area contributed by atoms with Crippen molar-refractivity contribution < 1.29 is 4.42 Å². The first-order valence-electron chi connectivity index (χ1n) is 4.71. The van der Waals surface area contributed by atoms with Crippen molar-refractivity contribution in [3.05, 3.63) is 29.9 Å². The van der Waals surface area contributed by atoms with Crippen molar-refractivity contribution in [2.45, 2.75) is 13.5 Å². The number of aryl methyl sites for hydroxylation is 1. The van der Waals surface area contributed by atoms with Crippen LogP contribution in [0, 0.1) is 6.92 Å². The van der Waals surface area contributed by atoms with Crippen LogP contribution in [0.3, 0.4) is 0 Å². The Hall–Kier alpha value is -1.91. The van der Waals surface area contributed by atoms with E-state index in [1.807, 2.05) is 24.9 Å². The Labute approximate surface area is 87.9 Å². The van der Waals surface area contributed by atoms with Gasteiger partial charge in [0.2, 0.25) is 0 Å². The van der Waals surface area contributed by atoms with E-state index in [2.05, 4.69) is 10.2 Å². The highest BCUT2D eigenvalue weighted by Crippen LogP contribution is 2.21. The van der Waals surface area contributed by atoms with E-state index in [4.69, 9.17) is 10.2 Å². The molecule has 0 amide bonds. The maximum atomic E-state index is 5.73. The van der Waals surface area contributed by atoms with Gasteiger partial charge in [0.1, 0.15) is 11.6 Å². The maximum absolute atomic E-state index is 5.73. The maximum Gasteiger partial charge on any atom is 0.142 e. The fourth-order valence-corrected chi connectivity index (χ4v) is 1.51. The minimum atomic E-state index is 0.582. The summed E-state index contributed by atoms with van der Waals surface area (Å²) in [6.07, 6.45) is 3.40. The molecule has 0 aliphatic carbocycles. The topological polar surface area (TPSA) is 71.1 Å². The van der Waals surface area contributed by atoms with Crippen LogP contribution in [0.4, 0.5) is 11.5 Å². The molecule has 5 nitrogen and oxygen atoms in total. The summed E-state index contributed by atoms with van der Waals surface area (Å²) >= 11 is 0. The van der Waals surface area contributed by atoms with E-state index in [1.54, 1.807) is 12.5 Å². The van der Waals surface area contributed by atoms with E-state index in [0.29, 0.717) is 5.82 Å². The zero-order chi connectivity index (χ0) is 10.8. The molecule has 0 bridgehead atoms. The molecule has 0 saturated heterocycles. The number of aromatic nitrogens is 2. The molecule has 2 aromatic rings. The van der Waals surface area contributed by atoms with Crippen LogP contribution >= 0.6 is 0 Å². The fourth-order valence-electron chi connectivity index (χ4n) is 1.51. The van der Waals surface area contributed by atoms with E-state index in [9.17, 15) is 0 Å². The monoisotopic (exact) mass is 206 g/mol. The van der Waals surface area contributed by atoms with Crippen LogP contribution < -0.4 is 10.6 Å². The molecule has 0 aromatic carbocycles. The molecule has 0 fully saturated rings. The second kappa shape index (κ2) is 3.68. The van der Waals surface area contributed by atoms with Gasteiger partial charge < -0.3 is 15.1 Å². The van der Waals surface area contributed by atoms with Crippen molar-refractivity contribution >= 4 is 11.5 Å². The molecule has 0 spiro atoms. The number of nitrogen functional groups attached to an aromatic ring is 1. The molecule has 0 unspecified atom stereocenters. The number of nitrogens with one attached hydrogen (secondary N) is 1. The molecule has 2 heterocycles. The Morgan fingerprint density at radius 2 is 2.40 bits per heavy atom. The summed E-state index contributed by atoms with van der Waals surface area (Å²) in [5, 5.41) is 6.59. The smallest absolute Gasteiger partial charge is 0.142 e. The predicted molar refractivity (Wildman–Crippen MR) is 58.6 cm³/mol. The van der Waals surface area contributed by atoms with Crippen LogP contribution in [-0.4, -0.2) is 17.2 Å². The summed E-state index contributed by atoms with van der Waals surface area (Å²) < 4.78 is 5.23. The Bertz CT molecular complexity index is 446. The molecule has 2 aromatic heterocycles. The molecular weight excluding hydrogens is 192 g/mol. The molecule has 0 aliphatic rings. The molecule has 0 saturated carbocycles. The van der Waals surface area contributed by atoms with Gasteiger partial charge in [-0.2, -0.15) is 5.10 Å². The number of anilines is 2. The zero-order valence-electron chi connectivity index (χ0n) is 8.82. The number of nitrogens with zero attached hydrogens (tertiary/aromatic N) is 2. The second-order valence-electron chi connectivity index (χ2n) is 3.53. The molecule has 15 heavy (non-hydrogen) atoms. The van der Waals surface area contributed by atoms with Gasteiger partial charge in [-0.3, -0.25) is 5.10 Å². The first-order chi connectivity index (χ1) is 7.18. The Balaban J connectivity index is 2.14. The third kappa shape index (κ3) is 1.81. The van der Waals surface area contributed by atoms with Gasteiger partial charge >= 0.3 is 0 Å². The van der Waals surface area contributed by atoms with E-state index >= 15 is 0 Å². The number of hydrogen-bond donors (Lipinski definition) is 2. The third-order valence-corrected chi connectivity index (χ3v) is 2.43. The SMILES string of the molecule is Cc1occc1CN(C)c1cn[nH]c1N. The lowest BCUT2D eigenvalue weighted by Gasteiger charge is -2.17. The number of H-pyrrole nitrogens is 1. The van der Waals surface area contributed by atoms with Gasteiger partial charge in [0.05, 0.1) is 18.1 Å². The summed E-state index contributed by atoms with van der Waals surface area (Å²) in [6, 6.07) is 1.96. The summed E-state index contributed by atoms with van der Waals surface area (Å²) in [6.45, 7) is 2.70. The standard InChI is InChI=1S/C10H14N4O/c1-7-8(3-4-15-7)6-14(2)9-5-12-13-10(9)11/h3-5H,6H2,1-2H3,(H3,11,12,13). The van der Waals surface area contributed by atoms with Crippen molar-refractivity contribution in [1.82, 2.24) is 10.2 Å². The summed E-state index contributed by atoms with van der Waals surface area (Å²) in [4.78, 5) is 2.02. The lowest BCUT2D eigenvalue weighted by atomic mass is 10.2. The average molecular weight is 206 g/mol. The molecule has 80 valence electrons. The first-order valence-corrected chi connectivity index (χ1v) is 4.71. The lowest BCUT2D eigenvalue weighted by molar-refractivity contribution is 0.529. The van der Waals surface area contributed by atoms with Crippen molar-refractivity contribution in [3.8, 4) is 0 Å². The molecular formula is C10H14N4O. The highest BCUT2D eigenvalue weighted by molar-refractivity contribution is 5.61. The normalized spacial score (nSPS) is 10.5. The molecule has 0 atom stereocenters. The zero-order valence-corrected chi connectivity index (χ0v) is 8.82. The van der Waals surface area contributed by atoms with Crippen molar-refractivity contribution in [2.24, 2.45) is 0 Å². The summed E-state index contributed by atoms with van der Waals surface area (Å²) in [7, 11) is 1.97. The highest BCUT2D eigenvalue weighted by atomic mass is 16.3. The lowest BCUT2D eigenvalue weighted by Crippen LogP contribution is -2.17. The fraction of sp³-hybridized carbons (Fsp3) is 0.300. The quantitative estimate of drug-likeness (QED) is 0.798. The number of rotatable bonds is 3. The summed E-state index contributed by atoms with van der Waals surface area (Å²) in [5.41, 5.74) is 7.78. The Morgan fingerprint density at radius 3 is 2.93 bits per heavy atom. The molecule has 0 radical (unpaired) electrons. The molecule has 0 aliphatic heterocycles. The Morgan fingerprint density at radius 1 is 1.60 bits per heavy atom. The number of hydrogen-bond acceptors (Lipinski definition) is 4. The minimum absolute atomic E-state index is 0.582. The third-order valence-electron chi connectivity index (χ3n) is 2.43. The van der Waals surface area contributed by atoms with Crippen LogP contribution in [0.1, 0.15) is 11.3 Å². The van der Waals surface area contributed by atoms with E-state index in [0.717, 1.165) is 23.6 Å². The van der Waals surface area contributed by atoms with Crippen molar-refractivity contribution in [3.63, 3.8) is 0 Å². The highest BCUT2D eigenvalue weighted by Gasteiger charge is 2.09. The van der Waals surface area contributed by atoms with Gasteiger partial charge in [0, 0.05) is 19.2 Å². The second-order valence-corrected chi connectivity index (χ2v) is 3.53. The van der Waals surface area contributed by atoms with Crippen molar-refractivity contribution in [1.29, 1.82) is 0 Å². The Kier molecular flexibility index (Phi) is 2.37.